The second-order valence-corrected chi connectivity index (χ2v) is 4.74. The molecule has 1 aromatic heterocycles. The van der Waals surface area contributed by atoms with Crippen molar-refractivity contribution in [1.29, 1.82) is 0 Å². The summed E-state index contributed by atoms with van der Waals surface area (Å²) in [6, 6.07) is 8.77. The number of hydrogen-bond donors (Lipinski definition) is 1. The van der Waals surface area contributed by atoms with Crippen molar-refractivity contribution in [3.8, 4) is 0 Å². The predicted molar refractivity (Wildman–Crippen MR) is 75.8 cm³/mol. The number of fused-ring (bicyclic) bond motifs is 1. The third-order valence-electron chi connectivity index (χ3n) is 3.09. The van der Waals surface area contributed by atoms with Crippen molar-refractivity contribution < 1.29 is 4.74 Å². The maximum atomic E-state index is 5.92. The van der Waals surface area contributed by atoms with E-state index in [1.54, 1.807) is 0 Å². The fourth-order valence-corrected chi connectivity index (χ4v) is 2.35. The molecule has 0 aliphatic rings. The molecule has 2 N–H and O–H groups in total. The molecule has 0 radical (unpaired) electrons. The first-order valence-corrected chi connectivity index (χ1v) is 6.62. The smallest absolute Gasteiger partial charge is 0.0645 e. The molecule has 18 heavy (non-hydrogen) atoms. The van der Waals surface area contributed by atoms with Crippen molar-refractivity contribution in [3.63, 3.8) is 0 Å². The Morgan fingerprint density at radius 2 is 2.17 bits per heavy atom. The van der Waals surface area contributed by atoms with Crippen molar-refractivity contribution >= 4 is 10.9 Å². The van der Waals surface area contributed by atoms with E-state index in [9.17, 15) is 0 Å². The molecule has 1 unspecified atom stereocenters. The monoisotopic (exact) mass is 246 g/mol. The van der Waals surface area contributed by atoms with E-state index in [0.717, 1.165) is 26.2 Å². The standard InChI is InChI=1S/C15H22N2O/c1-3-18-10-9-17-8-7-13-5-4-6-14(15(13)17)11-12(2)16/h4-8,12H,3,9-11,16H2,1-2H3. The summed E-state index contributed by atoms with van der Waals surface area (Å²) in [6.07, 6.45) is 3.05. The summed E-state index contributed by atoms with van der Waals surface area (Å²) in [4.78, 5) is 0. The summed E-state index contributed by atoms with van der Waals surface area (Å²) in [5.41, 5.74) is 8.55. The van der Waals surface area contributed by atoms with Crippen LogP contribution in [0.4, 0.5) is 0 Å². The van der Waals surface area contributed by atoms with Gasteiger partial charge in [-0.2, -0.15) is 0 Å². The number of rotatable bonds is 6. The zero-order valence-corrected chi connectivity index (χ0v) is 11.2. The maximum Gasteiger partial charge on any atom is 0.0645 e. The maximum absolute atomic E-state index is 5.92. The van der Waals surface area contributed by atoms with Gasteiger partial charge in [-0.05, 0) is 37.3 Å². The van der Waals surface area contributed by atoms with E-state index in [0.29, 0.717) is 0 Å². The Morgan fingerprint density at radius 1 is 1.33 bits per heavy atom. The van der Waals surface area contributed by atoms with Gasteiger partial charge in [-0.1, -0.05) is 18.2 Å². The lowest BCUT2D eigenvalue weighted by molar-refractivity contribution is 0.140. The Kier molecular flexibility index (Phi) is 4.39. The van der Waals surface area contributed by atoms with Crippen molar-refractivity contribution in [2.24, 2.45) is 5.73 Å². The number of nitrogens with zero attached hydrogens (tertiary/aromatic N) is 1. The van der Waals surface area contributed by atoms with E-state index in [-0.39, 0.29) is 6.04 Å². The lowest BCUT2D eigenvalue weighted by Gasteiger charge is -2.11. The van der Waals surface area contributed by atoms with Crippen molar-refractivity contribution in [2.45, 2.75) is 32.9 Å². The molecule has 2 rings (SSSR count). The van der Waals surface area contributed by atoms with Crippen LogP contribution in [-0.2, 0) is 17.7 Å². The molecule has 0 amide bonds. The molecule has 1 heterocycles. The quantitative estimate of drug-likeness (QED) is 0.796. The fraction of sp³-hybridized carbons (Fsp3) is 0.467. The predicted octanol–water partition coefficient (Wildman–Crippen LogP) is 2.57. The van der Waals surface area contributed by atoms with Crippen LogP contribution >= 0.6 is 0 Å². The van der Waals surface area contributed by atoms with Crippen LogP contribution in [0.1, 0.15) is 19.4 Å². The largest absolute Gasteiger partial charge is 0.380 e. The molecule has 3 nitrogen and oxygen atoms in total. The number of benzene rings is 1. The van der Waals surface area contributed by atoms with Gasteiger partial charge in [-0.15, -0.1) is 0 Å². The van der Waals surface area contributed by atoms with Gasteiger partial charge < -0.3 is 15.0 Å². The van der Waals surface area contributed by atoms with Crippen LogP contribution in [0.5, 0.6) is 0 Å². The summed E-state index contributed by atoms with van der Waals surface area (Å²) >= 11 is 0. The third kappa shape index (κ3) is 2.92. The Hall–Kier alpha value is -1.32. The van der Waals surface area contributed by atoms with Crippen molar-refractivity contribution in [3.05, 3.63) is 36.0 Å². The van der Waals surface area contributed by atoms with E-state index in [1.165, 1.54) is 16.5 Å². The minimum atomic E-state index is 0.186. The van der Waals surface area contributed by atoms with Crippen LogP contribution in [0.15, 0.2) is 30.5 Å². The van der Waals surface area contributed by atoms with Gasteiger partial charge in [-0.25, -0.2) is 0 Å². The first-order chi connectivity index (χ1) is 8.72. The van der Waals surface area contributed by atoms with E-state index >= 15 is 0 Å². The van der Waals surface area contributed by atoms with Crippen LogP contribution < -0.4 is 5.73 Å². The van der Waals surface area contributed by atoms with Gasteiger partial charge >= 0.3 is 0 Å². The zero-order chi connectivity index (χ0) is 13.0. The minimum absolute atomic E-state index is 0.186. The fourth-order valence-electron chi connectivity index (χ4n) is 2.35. The minimum Gasteiger partial charge on any atom is -0.380 e. The second-order valence-electron chi connectivity index (χ2n) is 4.74. The summed E-state index contributed by atoms with van der Waals surface area (Å²) in [6.45, 7) is 6.49. The molecule has 0 aliphatic heterocycles. The van der Waals surface area contributed by atoms with Gasteiger partial charge in [0.1, 0.15) is 0 Å². The third-order valence-corrected chi connectivity index (χ3v) is 3.09. The van der Waals surface area contributed by atoms with Gasteiger partial charge in [-0.3, -0.25) is 0 Å². The second kappa shape index (κ2) is 6.03. The Bertz CT molecular complexity index is 502. The van der Waals surface area contributed by atoms with E-state index < -0.39 is 0 Å². The first-order valence-electron chi connectivity index (χ1n) is 6.62. The molecule has 0 spiro atoms. The Morgan fingerprint density at radius 3 is 2.89 bits per heavy atom. The number of hydrogen-bond acceptors (Lipinski definition) is 2. The Balaban J connectivity index is 2.29. The molecule has 98 valence electrons. The molecule has 0 aliphatic carbocycles. The highest BCUT2D eigenvalue weighted by molar-refractivity contribution is 5.83. The van der Waals surface area contributed by atoms with Crippen molar-refractivity contribution in [2.75, 3.05) is 13.2 Å². The molecule has 0 fully saturated rings. The van der Waals surface area contributed by atoms with Crippen molar-refractivity contribution in [1.82, 2.24) is 4.57 Å². The molecule has 3 heteroatoms. The first kappa shape index (κ1) is 13.1. The molecule has 0 saturated carbocycles. The highest BCUT2D eigenvalue weighted by Crippen LogP contribution is 2.21. The molecule has 0 saturated heterocycles. The molecule has 0 bridgehead atoms. The molecular formula is C15H22N2O. The number of nitrogens with two attached hydrogens (primary N) is 1. The van der Waals surface area contributed by atoms with Crippen LogP contribution in [0.25, 0.3) is 10.9 Å². The van der Waals surface area contributed by atoms with Crippen LogP contribution in [0.3, 0.4) is 0 Å². The Labute approximate surface area is 109 Å². The van der Waals surface area contributed by atoms with Crippen LogP contribution in [-0.4, -0.2) is 23.8 Å². The highest BCUT2D eigenvalue weighted by Gasteiger charge is 2.08. The van der Waals surface area contributed by atoms with E-state index in [2.05, 4.69) is 35.0 Å². The lowest BCUT2D eigenvalue weighted by atomic mass is 10.0. The number of aromatic nitrogens is 1. The molecular weight excluding hydrogens is 224 g/mol. The SMILES string of the molecule is CCOCCn1ccc2cccc(CC(C)N)c21. The van der Waals surface area contributed by atoms with Gasteiger partial charge in [0, 0.05) is 25.4 Å². The summed E-state index contributed by atoms with van der Waals surface area (Å²) in [5, 5.41) is 1.28. The molecule has 2 aromatic rings. The summed E-state index contributed by atoms with van der Waals surface area (Å²) in [7, 11) is 0. The normalized spacial score (nSPS) is 13.1. The van der Waals surface area contributed by atoms with Gasteiger partial charge in [0.25, 0.3) is 0 Å². The average molecular weight is 246 g/mol. The lowest BCUT2D eigenvalue weighted by Crippen LogP contribution is -2.18. The average Bonchev–Trinajstić information content (AvgIpc) is 2.73. The van der Waals surface area contributed by atoms with Crippen LogP contribution in [0, 0.1) is 0 Å². The zero-order valence-electron chi connectivity index (χ0n) is 11.2. The van der Waals surface area contributed by atoms with Gasteiger partial charge in [0.15, 0.2) is 0 Å². The highest BCUT2D eigenvalue weighted by atomic mass is 16.5. The summed E-state index contributed by atoms with van der Waals surface area (Å²) in [5.74, 6) is 0. The number of para-hydroxylation sites is 1. The topological polar surface area (TPSA) is 40.2 Å². The van der Waals surface area contributed by atoms with Gasteiger partial charge in [0.2, 0.25) is 0 Å². The molecule has 1 aromatic carbocycles. The van der Waals surface area contributed by atoms with E-state index in [1.807, 2.05) is 13.8 Å². The summed E-state index contributed by atoms with van der Waals surface area (Å²) < 4.78 is 7.70. The van der Waals surface area contributed by atoms with E-state index in [4.69, 9.17) is 10.5 Å². The van der Waals surface area contributed by atoms with Gasteiger partial charge in [0.05, 0.1) is 12.1 Å². The number of ether oxygens (including phenoxy) is 1. The van der Waals surface area contributed by atoms with Crippen LogP contribution in [0.2, 0.25) is 0 Å². The molecule has 1 atom stereocenters.